The summed E-state index contributed by atoms with van der Waals surface area (Å²) in [7, 11) is 7.27. The number of benzene rings is 2. The van der Waals surface area contributed by atoms with Gasteiger partial charge in [0.1, 0.15) is 5.76 Å². The first-order chi connectivity index (χ1) is 15.4. The number of esters is 1. The van der Waals surface area contributed by atoms with Gasteiger partial charge in [-0.25, -0.2) is 4.79 Å². The van der Waals surface area contributed by atoms with Crippen molar-refractivity contribution < 1.29 is 19.0 Å². The average Bonchev–Trinajstić information content (AvgIpc) is 3.21. The summed E-state index contributed by atoms with van der Waals surface area (Å²) in [5.74, 6) is 1.96. The number of hydrogen-bond acceptors (Lipinski definition) is 6. The van der Waals surface area contributed by atoms with E-state index in [4.69, 9.17) is 14.2 Å². The van der Waals surface area contributed by atoms with E-state index in [1.54, 1.807) is 14.2 Å². The Hall–Kier alpha value is -2.99. The Labute approximate surface area is 190 Å². The fourth-order valence-corrected chi connectivity index (χ4v) is 4.85. The van der Waals surface area contributed by atoms with E-state index < -0.39 is 0 Å². The summed E-state index contributed by atoms with van der Waals surface area (Å²) in [6.45, 7) is 0.960. The minimum atomic E-state index is -0.299. The van der Waals surface area contributed by atoms with Gasteiger partial charge in [0.2, 0.25) is 0 Å². The highest BCUT2D eigenvalue weighted by Crippen LogP contribution is 2.45. The van der Waals surface area contributed by atoms with Gasteiger partial charge in [-0.3, -0.25) is 0 Å². The molecule has 1 fully saturated rings. The molecule has 170 valence electrons. The van der Waals surface area contributed by atoms with Crippen LogP contribution in [0.15, 0.2) is 54.3 Å². The van der Waals surface area contributed by atoms with Crippen molar-refractivity contribution in [3.63, 3.8) is 0 Å². The molecule has 1 heterocycles. The van der Waals surface area contributed by atoms with Crippen LogP contribution >= 0.6 is 0 Å². The summed E-state index contributed by atoms with van der Waals surface area (Å²) in [6, 6.07) is 13.8. The van der Waals surface area contributed by atoms with E-state index >= 15 is 0 Å². The highest BCUT2D eigenvalue weighted by atomic mass is 16.5. The predicted octanol–water partition coefficient (Wildman–Crippen LogP) is 4.20. The highest BCUT2D eigenvalue weighted by molar-refractivity contribution is 5.90. The number of carbonyl (C=O) groups excluding carboxylic acids is 1. The minimum Gasteiger partial charge on any atom is -0.493 e. The van der Waals surface area contributed by atoms with Crippen LogP contribution in [0.4, 0.5) is 5.69 Å². The molecule has 0 unspecified atom stereocenters. The fourth-order valence-electron chi connectivity index (χ4n) is 4.85. The molecule has 2 aromatic carbocycles. The van der Waals surface area contributed by atoms with E-state index in [0.29, 0.717) is 5.56 Å². The molecule has 1 saturated heterocycles. The maximum absolute atomic E-state index is 12.7. The summed E-state index contributed by atoms with van der Waals surface area (Å²) in [5.41, 5.74) is 2.96. The third-order valence-electron chi connectivity index (χ3n) is 6.72. The van der Waals surface area contributed by atoms with Crippen LogP contribution < -0.4 is 19.7 Å². The van der Waals surface area contributed by atoms with E-state index in [-0.39, 0.29) is 17.4 Å². The number of methoxy groups -OCH3 is 2. The standard InChI is InChI=1S/C26H32N2O4/c1-28(2)20-8-6-19(7-9-20)25(29)32-21-11-12-26(13-14-27-24(26)16-21)17-18-5-10-22(30-3)23(15-18)31-4/h5-10,15-16,24,27H,11-14,17H2,1-4H3/t24-,26+/m0/s1. The van der Waals surface area contributed by atoms with Crippen LogP contribution in [0.3, 0.4) is 0 Å². The summed E-state index contributed by atoms with van der Waals surface area (Å²) in [6.07, 6.45) is 5.87. The van der Waals surface area contributed by atoms with Crippen molar-refractivity contribution in [1.29, 1.82) is 0 Å². The smallest absolute Gasteiger partial charge is 0.343 e. The Morgan fingerprint density at radius 1 is 1.06 bits per heavy atom. The number of anilines is 1. The summed E-state index contributed by atoms with van der Waals surface area (Å²) in [4.78, 5) is 14.7. The van der Waals surface area contributed by atoms with Crippen LogP contribution in [-0.2, 0) is 11.2 Å². The highest BCUT2D eigenvalue weighted by Gasteiger charge is 2.44. The Balaban J connectivity index is 1.47. The number of carbonyl (C=O) groups is 1. The van der Waals surface area contributed by atoms with Crippen LogP contribution in [-0.4, -0.2) is 46.9 Å². The summed E-state index contributed by atoms with van der Waals surface area (Å²) in [5, 5.41) is 3.60. The second-order valence-electron chi connectivity index (χ2n) is 8.87. The van der Waals surface area contributed by atoms with Crippen LogP contribution in [0.1, 0.15) is 35.2 Å². The van der Waals surface area contributed by atoms with Crippen molar-refractivity contribution in [3.8, 4) is 11.5 Å². The normalized spacial score (nSPS) is 22.0. The molecule has 0 saturated carbocycles. The molecule has 32 heavy (non-hydrogen) atoms. The van der Waals surface area contributed by atoms with Crippen LogP contribution in [0.5, 0.6) is 11.5 Å². The zero-order valence-electron chi connectivity index (χ0n) is 19.3. The van der Waals surface area contributed by atoms with Crippen molar-refractivity contribution in [2.24, 2.45) is 5.41 Å². The fraction of sp³-hybridized carbons (Fsp3) is 0.423. The number of nitrogens with zero attached hydrogens (tertiary/aromatic N) is 1. The average molecular weight is 437 g/mol. The monoisotopic (exact) mass is 436 g/mol. The van der Waals surface area contributed by atoms with Crippen molar-refractivity contribution in [2.45, 2.75) is 31.7 Å². The number of ether oxygens (including phenoxy) is 3. The number of rotatable bonds is 7. The Kier molecular flexibility index (Phi) is 6.42. The molecule has 1 N–H and O–H groups in total. The third-order valence-corrected chi connectivity index (χ3v) is 6.72. The van der Waals surface area contributed by atoms with Crippen LogP contribution in [0.25, 0.3) is 0 Å². The van der Waals surface area contributed by atoms with Crippen molar-refractivity contribution in [3.05, 3.63) is 65.4 Å². The molecule has 1 aliphatic carbocycles. The van der Waals surface area contributed by atoms with Gasteiger partial charge in [-0.15, -0.1) is 0 Å². The van der Waals surface area contributed by atoms with E-state index in [2.05, 4.69) is 23.5 Å². The van der Waals surface area contributed by atoms with Crippen LogP contribution in [0.2, 0.25) is 0 Å². The molecule has 0 spiro atoms. The van der Waals surface area contributed by atoms with Crippen molar-refractivity contribution in [2.75, 3.05) is 39.8 Å². The van der Waals surface area contributed by atoms with Crippen molar-refractivity contribution in [1.82, 2.24) is 5.32 Å². The zero-order valence-corrected chi connectivity index (χ0v) is 19.3. The Bertz CT molecular complexity index is 999. The molecular weight excluding hydrogens is 404 g/mol. The van der Waals surface area contributed by atoms with E-state index in [9.17, 15) is 4.79 Å². The SMILES string of the molecule is COc1ccc(C[C@@]23CCN[C@H]2C=C(OC(=O)c2ccc(N(C)C)cc2)CC3)cc1OC. The van der Waals surface area contributed by atoms with E-state index in [0.717, 1.165) is 55.2 Å². The second kappa shape index (κ2) is 9.25. The maximum Gasteiger partial charge on any atom is 0.343 e. The predicted molar refractivity (Wildman–Crippen MR) is 126 cm³/mol. The third kappa shape index (κ3) is 4.46. The summed E-state index contributed by atoms with van der Waals surface area (Å²) < 4.78 is 16.6. The molecule has 0 radical (unpaired) electrons. The Morgan fingerprint density at radius 2 is 1.81 bits per heavy atom. The van der Waals surface area contributed by atoms with Gasteiger partial charge in [0, 0.05) is 32.2 Å². The lowest BCUT2D eigenvalue weighted by Crippen LogP contribution is -2.40. The first kappa shape index (κ1) is 22.2. The lowest BCUT2D eigenvalue weighted by atomic mass is 9.69. The van der Waals surface area contributed by atoms with Gasteiger partial charge in [0.25, 0.3) is 0 Å². The van der Waals surface area contributed by atoms with Gasteiger partial charge in [0.15, 0.2) is 11.5 Å². The van der Waals surface area contributed by atoms with Crippen molar-refractivity contribution >= 4 is 11.7 Å². The number of allylic oxidation sites excluding steroid dienone is 1. The first-order valence-electron chi connectivity index (χ1n) is 11.1. The van der Waals surface area contributed by atoms with Crippen LogP contribution in [0, 0.1) is 5.41 Å². The topological polar surface area (TPSA) is 60.0 Å². The molecule has 0 aromatic heterocycles. The molecular formula is C26H32N2O4. The number of hydrogen-bond donors (Lipinski definition) is 1. The van der Waals surface area contributed by atoms with Gasteiger partial charge >= 0.3 is 5.97 Å². The molecule has 2 atom stereocenters. The quantitative estimate of drug-likeness (QED) is 0.657. The largest absolute Gasteiger partial charge is 0.493 e. The van der Waals surface area contributed by atoms with E-state index in [1.807, 2.05) is 49.3 Å². The van der Waals surface area contributed by atoms with E-state index in [1.165, 1.54) is 5.56 Å². The molecule has 0 bridgehead atoms. The van der Waals surface area contributed by atoms with Gasteiger partial charge < -0.3 is 24.4 Å². The Morgan fingerprint density at radius 3 is 2.50 bits per heavy atom. The number of nitrogens with one attached hydrogen (secondary N) is 1. The minimum absolute atomic E-state index is 0.114. The lowest BCUT2D eigenvalue weighted by molar-refractivity contribution is 0.0587. The zero-order chi connectivity index (χ0) is 22.7. The first-order valence-corrected chi connectivity index (χ1v) is 11.1. The molecule has 6 heteroatoms. The van der Waals surface area contributed by atoms with Gasteiger partial charge in [-0.1, -0.05) is 6.07 Å². The molecule has 4 rings (SSSR count). The molecule has 1 aliphatic heterocycles. The van der Waals surface area contributed by atoms with Gasteiger partial charge in [0.05, 0.1) is 19.8 Å². The maximum atomic E-state index is 12.7. The lowest BCUT2D eigenvalue weighted by Gasteiger charge is -2.37. The molecule has 2 aromatic rings. The molecule has 6 nitrogen and oxygen atoms in total. The second-order valence-corrected chi connectivity index (χ2v) is 8.87. The summed E-state index contributed by atoms with van der Waals surface area (Å²) >= 11 is 0. The van der Waals surface area contributed by atoms with Gasteiger partial charge in [-0.2, -0.15) is 0 Å². The van der Waals surface area contributed by atoms with Gasteiger partial charge in [-0.05, 0) is 79.3 Å². The molecule has 2 aliphatic rings. The number of fused-ring (bicyclic) bond motifs is 1. The molecule has 0 amide bonds.